The average molecular weight is 231 g/mol. The maximum absolute atomic E-state index is 6.20. The summed E-state index contributed by atoms with van der Waals surface area (Å²) in [6.45, 7) is 10.6. The second-order valence-electron chi connectivity index (χ2n) is 6.19. The summed E-state index contributed by atoms with van der Waals surface area (Å²) in [5.74, 6) is 0. The molecule has 98 valence electrons. The Balaban J connectivity index is 4.29. The van der Waals surface area contributed by atoms with E-state index in [-0.39, 0.29) is 23.2 Å². The molecule has 0 aromatic carbocycles. The van der Waals surface area contributed by atoms with E-state index in [1.165, 1.54) is 0 Å². The lowest BCUT2D eigenvalue weighted by atomic mass is 9.82. The van der Waals surface area contributed by atoms with Gasteiger partial charge in [-0.05, 0) is 32.1 Å². The summed E-state index contributed by atoms with van der Waals surface area (Å²) >= 11 is 0. The van der Waals surface area contributed by atoms with Gasteiger partial charge in [0.25, 0.3) is 0 Å². The van der Waals surface area contributed by atoms with Crippen LogP contribution in [0.2, 0.25) is 0 Å². The number of methoxy groups -OCH3 is 2. The fourth-order valence-electron chi connectivity index (χ4n) is 1.94. The predicted octanol–water partition coefficient (Wildman–Crippen LogP) is 2.58. The first kappa shape index (κ1) is 15.9. The molecule has 0 amide bonds. The van der Waals surface area contributed by atoms with Crippen molar-refractivity contribution in [2.75, 3.05) is 14.2 Å². The summed E-state index contributed by atoms with van der Waals surface area (Å²) in [4.78, 5) is 0. The van der Waals surface area contributed by atoms with Crippen LogP contribution in [-0.4, -0.2) is 32.0 Å². The van der Waals surface area contributed by atoms with Crippen molar-refractivity contribution < 1.29 is 9.47 Å². The second-order valence-corrected chi connectivity index (χ2v) is 6.19. The Bertz CT molecular complexity index is 197. The van der Waals surface area contributed by atoms with Crippen molar-refractivity contribution in [2.45, 2.75) is 65.2 Å². The zero-order chi connectivity index (χ0) is 13.0. The fraction of sp³-hybridized carbons (Fsp3) is 1.00. The molecule has 0 aliphatic rings. The van der Waals surface area contributed by atoms with E-state index in [1.807, 2.05) is 0 Å². The molecule has 2 atom stereocenters. The van der Waals surface area contributed by atoms with Crippen LogP contribution in [0.3, 0.4) is 0 Å². The summed E-state index contributed by atoms with van der Waals surface area (Å²) in [6.07, 6.45) is 1.94. The molecule has 0 aliphatic carbocycles. The molecule has 0 rings (SSSR count). The minimum absolute atomic E-state index is 0.0550. The highest BCUT2D eigenvalue weighted by molar-refractivity contribution is 4.85. The number of rotatable bonds is 6. The normalized spacial score (nSPS) is 17.2. The van der Waals surface area contributed by atoms with Crippen molar-refractivity contribution in [2.24, 2.45) is 11.1 Å². The highest BCUT2D eigenvalue weighted by Crippen LogP contribution is 2.27. The molecule has 0 aromatic heterocycles. The van der Waals surface area contributed by atoms with Crippen LogP contribution in [0, 0.1) is 5.41 Å². The van der Waals surface area contributed by atoms with Gasteiger partial charge in [0.2, 0.25) is 0 Å². The summed E-state index contributed by atoms with van der Waals surface area (Å²) < 4.78 is 10.9. The molecule has 3 heteroatoms. The van der Waals surface area contributed by atoms with Crippen LogP contribution in [0.1, 0.15) is 47.5 Å². The van der Waals surface area contributed by atoms with E-state index in [0.29, 0.717) is 0 Å². The van der Waals surface area contributed by atoms with E-state index in [2.05, 4.69) is 34.6 Å². The van der Waals surface area contributed by atoms with E-state index < -0.39 is 0 Å². The molecule has 2 unspecified atom stereocenters. The Morgan fingerprint density at radius 3 is 1.88 bits per heavy atom. The number of nitrogens with two attached hydrogens (primary N) is 1. The van der Waals surface area contributed by atoms with Gasteiger partial charge in [-0.2, -0.15) is 0 Å². The van der Waals surface area contributed by atoms with Crippen molar-refractivity contribution in [3.63, 3.8) is 0 Å². The molecule has 0 heterocycles. The molecule has 0 spiro atoms. The Morgan fingerprint density at radius 2 is 1.56 bits per heavy atom. The third-order valence-corrected chi connectivity index (χ3v) is 3.13. The van der Waals surface area contributed by atoms with Crippen molar-refractivity contribution in [3.8, 4) is 0 Å². The summed E-state index contributed by atoms with van der Waals surface area (Å²) in [5, 5.41) is 0. The monoisotopic (exact) mass is 231 g/mol. The minimum Gasteiger partial charge on any atom is -0.379 e. The third-order valence-electron chi connectivity index (χ3n) is 3.13. The van der Waals surface area contributed by atoms with Gasteiger partial charge in [-0.3, -0.25) is 0 Å². The topological polar surface area (TPSA) is 44.5 Å². The fourth-order valence-corrected chi connectivity index (χ4v) is 1.94. The Morgan fingerprint density at radius 1 is 1.06 bits per heavy atom. The van der Waals surface area contributed by atoms with Gasteiger partial charge in [0.15, 0.2) is 0 Å². The highest BCUT2D eigenvalue weighted by atomic mass is 16.5. The van der Waals surface area contributed by atoms with Crippen LogP contribution in [0.15, 0.2) is 0 Å². The van der Waals surface area contributed by atoms with Gasteiger partial charge in [0.1, 0.15) is 0 Å². The Kier molecular flexibility index (Phi) is 5.94. The molecule has 0 fully saturated rings. The first-order valence-electron chi connectivity index (χ1n) is 5.97. The van der Waals surface area contributed by atoms with Gasteiger partial charge in [-0.1, -0.05) is 20.8 Å². The quantitative estimate of drug-likeness (QED) is 0.764. The summed E-state index contributed by atoms with van der Waals surface area (Å²) in [6, 6.07) is 0.0550. The molecule has 16 heavy (non-hydrogen) atoms. The van der Waals surface area contributed by atoms with E-state index in [1.54, 1.807) is 14.2 Å². The van der Waals surface area contributed by atoms with Crippen LogP contribution in [-0.2, 0) is 9.47 Å². The molecule has 0 aromatic rings. The van der Waals surface area contributed by atoms with Crippen LogP contribution >= 0.6 is 0 Å². The lowest BCUT2D eigenvalue weighted by Crippen LogP contribution is -2.45. The largest absolute Gasteiger partial charge is 0.379 e. The first-order chi connectivity index (χ1) is 7.14. The molecule has 0 aliphatic heterocycles. The van der Waals surface area contributed by atoms with E-state index in [4.69, 9.17) is 15.2 Å². The maximum Gasteiger partial charge on any atom is 0.0770 e. The third kappa shape index (κ3) is 5.28. The standard InChI is InChI=1S/C13H29NO2/c1-12(2,3)11(15-6)10(14)8-9-13(4,5)16-7/h10-11H,8-9,14H2,1-7H3. The lowest BCUT2D eigenvalue weighted by molar-refractivity contribution is -0.0200. The molecular weight excluding hydrogens is 202 g/mol. The zero-order valence-electron chi connectivity index (χ0n) is 12.0. The number of ether oxygens (including phenoxy) is 2. The van der Waals surface area contributed by atoms with Gasteiger partial charge in [-0.15, -0.1) is 0 Å². The molecule has 0 saturated heterocycles. The average Bonchev–Trinajstić information content (AvgIpc) is 2.14. The zero-order valence-corrected chi connectivity index (χ0v) is 12.0. The van der Waals surface area contributed by atoms with Crippen molar-refractivity contribution >= 4 is 0 Å². The van der Waals surface area contributed by atoms with Gasteiger partial charge >= 0.3 is 0 Å². The second kappa shape index (κ2) is 5.99. The van der Waals surface area contributed by atoms with Crippen molar-refractivity contribution in [1.82, 2.24) is 0 Å². The molecule has 2 N–H and O–H groups in total. The number of hydrogen-bond donors (Lipinski definition) is 1. The lowest BCUT2D eigenvalue weighted by Gasteiger charge is -2.35. The van der Waals surface area contributed by atoms with Crippen molar-refractivity contribution in [3.05, 3.63) is 0 Å². The SMILES string of the molecule is COC(C(N)CCC(C)(C)OC)C(C)(C)C. The van der Waals surface area contributed by atoms with Gasteiger partial charge in [-0.25, -0.2) is 0 Å². The molecule has 0 bridgehead atoms. The van der Waals surface area contributed by atoms with Gasteiger partial charge in [0, 0.05) is 20.3 Å². The predicted molar refractivity (Wildman–Crippen MR) is 68.5 cm³/mol. The number of hydrogen-bond acceptors (Lipinski definition) is 3. The Hall–Kier alpha value is -0.120. The molecule has 0 saturated carbocycles. The van der Waals surface area contributed by atoms with Crippen LogP contribution in [0.25, 0.3) is 0 Å². The smallest absolute Gasteiger partial charge is 0.0770 e. The van der Waals surface area contributed by atoms with Crippen LogP contribution < -0.4 is 5.73 Å². The van der Waals surface area contributed by atoms with Crippen molar-refractivity contribution in [1.29, 1.82) is 0 Å². The van der Waals surface area contributed by atoms with Gasteiger partial charge < -0.3 is 15.2 Å². The maximum atomic E-state index is 6.20. The molecular formula is C13H29NO2. The van der Waals surface area contributed by atoms with Crippen LogP contribution in [0.5, 0.6) is 0 Å². The van der Waals surface area contributed by atoms with Gasteiger partial charge in [0.05, 0.1) is 11.7 Å². The molecule has 3 nitrogen and oxygen atoms in total. The summed E-state index contributed by atoms with van der Waals surface area (Å²) in [7, 11) is 3.47. The summed E-state index contributed by atoms with van der Waals surface area (Å²) in [5.41, 5.74) is 6.17. The molecule has 0 radical (unpaired) electrons. The Labute approximate surface area is 101 Å². The van der Waals surface area contributed by atoms with E-state index >= 15 is 0 Å². The first-order valence-corrected chi connectivity index (χ1v) is 5.97. The van der Waals surface area contributed by atoms with E-state index in [9.17, 15) is 0 Å². The highest BCUT2D eigenvalue weighted by Gasteiger charge is 2.31. The minimum atomic E-state index is -0.103. The van der Waals surface area contributed by atoms with E-state index in [0.717, 1.165) is 12.8 Å². The van der Waals surface area contributed by atoms with Crippen LogP contribution in [0.4, 0.5) is 0 Å².